The molecule has 0 unspecified atom stereocenters. The van der Waals surface area contributed by atoms with E-state index in [1.54, 1.807) is 13.0 Å². The third kappa shape index (κ3) is 5.50. The van der Waals surface area contributed by atoms with Crippen molar-refractivity contribution in [3.63, 3.8) is 0 Å². The Labute approximate surface area is 117 Å². The van der Waals surface area contributed by atoms with Crippen LogP contribution in [-0.2, 0) is 9.53 Å². The highest BCUT2D eigenvalue weighted by Gasteiger charge is 2.07. The van der Waals surface area contributed by atoms with Crippen molar-refractivity contribution in [1.29, 1.82) is 0 Å². The first-order chi connectivity index (χ1) is 9.67. The van der Waals surface area contributed by atoms with Gasteiger partial charge in [0.05, 0.1) is 18.6 Å². The van der Waals surface area contributed by atoms with Crippen molar-refractivity contribution in [3.8, 4) is 11.8 Å². The van der Waals surface area contributed by atoms with Crippen molar-refractivity contribution in [2.24, 2.45) is 0 Å². The molecule has 0 aliphatic rings. The summed E-state index contributed by atoms with van der Waals surface area (Å²) in [5.41, 5.74) is 0.885. The van der Waals surface area contributed by atoms with E-state index in [0.29, 0.717) is 17.7 Å². The zero-order chi connectivity index (χ0) is 14.8. The molecule has 0 spiro atoms. The van der Waals surface area contributed by atoms with E-state index in [0.717, 1.165) is 0 Å². The molecule has 1 heterocycles. The summed E-state index contributed by atoms with van der Waals surface area (Å²) < 4.78 is 4.75. The van der Waals surface area contributed by atoms with Crippen molar-refractivity contribution in [2.75, 3.05) is 19.8 Å². The molecule has 1 rings (SSSR count). The first-order valence-corrected chi connectivity index (χ1v) is 6.16. The van der Waals surface area contributed by atoms with Crippen LogP contribution in [-0.4, -0.2) is 41.7 Å². The lowest BCUT2D eigenvalue weighted by atomic mass is 10.2. The largest absolute Gasteiger partial charge is 0.466 e. The molecule has 1 aromatic rings. The number of amides is 1. The number of ether oxygens (including phenoxy) is 1. The van der Waals surface area contributed by atoms with Gasteiger partial charge < -0.3 is 15.2 Å². The van der Waals surface area contributed by atoms with Gasteiger partial charge in [-0.25, -0.2) is 0 Å². The lowest BCUT2D eigenvalue weighted by Gasteiger charge is -2.05. The minimum atomic E-state index is -0.353. The van der Waals surface area contributed by atoms with Crippen molar-refractivity contribution in [1.82, 2.24) is 10.3 Å². The van der Waals surface area contributed by atoms with E-state index in [1.165, 1.54) is 12.4 Å². The van der Waals surface area contributed by atoms with Crippen LogP contribution in [0.1, 0.15) is 29.3 Å². The topological polar surface area (TPSA) is 88.5 Å². The number of nitrogens with zero attached hydrogens (tertiary/aromatic N) is 1. The van der Waals surface area contributed by atoms with Crippen molar-refractivity contribution in [2.45, 2.75) is 13.3 Å². The SMILES string of the molecule is CCOC(=O)CCNC(=O)c1cncc(C#CCO)c1. The Bertz CT molecular complexity index is 531. The number of pyridine rings is 1. The van der Waals surface area contributed by atoms with Crippen molar-refractivity contribution >= 4 is 11.9 Å². The van der Waals surface area contributed by atoms with E-state index in [2.05, 4.69) is 22.1 Å². The van der Waals surface area contributed by atoms with Crippen molar-refractivity contribution < 1.29 is 19.4 Å². The van der Waals surface area contributed by atoms with Gasteiger partial charge >= 0.3 is 5.97 Å². The Morgan fingerprint density at radius 1 is 1.45 bits per heavy atom. The summed E-state index contributed by atoms with van der Waals surface area (Å²) in [5, 5.41) is 11.2. The molecule has 6 nitrogen and oxygen atoms in total. The number of nitrogens with one attached hydrogen (secondary N) is 1. The van der Waals surface area contributed by atoms with Gasteiger partial charge in [-0.05, 0) is 13.0 Å². The fourth-order valence-corrected chi connectivity index (χ4v) is 1.39. The van der Waals surface area contributed by atoms with Crippen LogP contribution in [0.25, 0.3) is 0 Å². The highest BCUT2D eigenvalue weighted by atomic mass is 16.5. The fourth-order valence-electron chi connectivity index (χ4n) is 1.39. The number of esters is 1. The van der Waals surface area contributed by atoms with Crippen LogP contribution in [0.3, 0.4) is 0 Å². The Morgan fingerprint density at radius 2 is 2.25 bits per heavy atom. The molecule has 6 heteroatoms. The van der Waals surface area contributed by atoms with E-state index in [9.17, 15) is 9.59 Å². The minimum absolute atomic E-state index is 0.122. The summed E-state index contributed by atoms with van der Waals surface area (Å²) in [7, 11) is 0. The van der Waals surface area contributed by atoms with Crippen LogP contribution in [0.5, 0.6) is 0 Å². The average Bonchev–Trinajstić information content (AvgIpc) is 2.45. The maximum Gasteiger partial charge on any atom is 0.307 e. The predicted octanol–water partition coefficient (Wildman–Crippen LogP) is 0.108. The summed E-state index contributed by atoms with van der Waals surface area (Å²) in [6.45, 7) is 1.99. The minimum Gasteiger partial charge on any atom is -0.466 e. The predicted molar refractivity (Wildman–Crippen MR) is 71.8 cm³/mol. The Kier molecular flexibility index (Phi) is 6.79. The molecule has 1 amide bonds. The number of aliphatic hydroxyl groups excluding tert-OH is 1. The second-order valence-corrected chi connectivity index (χ2v) is 3.73. The zero-order valence-corrected chi connectivity index (χ0v) is 11.2. The van der Waals surface area contributed by atoms with Gasteiger partial charge in [-0.1, -0.05) is 11.8 Å². The monoisotopic (exact) mass is 276 g/mol. The van der Waals surface area contributed by atoms with Gasteiger partial charge in [-0.2, -0.15) is 0 Å². The maximum atomic E-state index is 11.8. The lowest BCUT2D eigenvalue weighted by molar-refractivity contribution is -0.142. The summed E-state index contributed by atoms with van der Waals surface area (Å²) >= 11 is 0. The number of hydrogen-bond donors (Lipinski definition) is 2. The van der Waals surface area contributed by atoms with Crippen LogP contribution in [0.15, 0.2) is 18.5 Å². The molecule has 0 atom stereocenters. The molecule has 1 aromatic heterocycles. The molecule has 0 aliphatic carbocycles. The van der Waals surface area contributed by atoms with Gasteiger partial charge in [-0.3, -0.25) is 14.6 Å². The van der Waals surface area contributed by atoms with E-state index in [-0.39, 0.29) is 31.4 Å². The average molecular weight is 276 g/mol. The van der Waals surface area contributed by atoms with Crippen molar-refractivity contribution in [3.05, 3.63) is 29.6 Å². The highest BCUT2D eigenvalue weighted by Crippen LogP contribution is 2.01. The second-order valence-electron chi connectivity index (χ2n) is 3.73. The van der Waals surface area contributed by atoms with Crippen LogP contribution in [0.4, 0.5) is 0 Å². The molecule has 0 saturated heterocycles. The van der Waals surface area contributed by atoms with E-state index < -0.39 is 0 Å². The third-order valence-corrected chi connectivity index (χ3v) is 2.23. The first-order valence-electron chi connectivity index (χ1n) is 6.16. The number of hydrogen-bond acceptors (Lipinski definition) is 5. The Morgan fingerprint density at radius 3 is 2.95 bits per heavy atom. The molecule has 106 valence electrons. The Balaban J connectivity index is 2.53. The highest BCUT2D eigenvalue weighted by molar-refractivity contribution is 5.94. The number of aromatic nitrogens is 1. The van der Waals surface area contributed by atoms with Gasteiger partial charge in [0.2, 0.25) is 0 Å². The molecule has 0 bridgehead atoms. The summed E-state index contributed by atoms with van der Waals surface area (Å²) in [5.74, 6) is 4.45. The van der Waals surface area contributed by atoms with Gasteiger partial charge in [-0.15, -0.1) is 0 Å². The molecule has 0 fully saturated rings. The third-order valence-electron chi connectivity index (χ3n) is 2.23. The maximum absolute atomic E-state index is 11.8. The zero-order valence-electron chi connectivity index (χ0n) is 11.2. The fraction of sp³-hybridized carbons (Fsp3) is 0.357. The number of rotatable bonds is 5. The molecule has 0 radical (unpaired) electrons. The van der Waals surface area contributed by atoms with Gasteiger partial charge in [0, 0.05) is 24.5 Å². The van der Waals surface area contributed by atoms with Gasteiger partial charge in [0.15, 0.2) is 0 Å². The van der Waals surface area contributed by atoms with Gasteiger partial charge in [0.1, 0.15) is 6.61 Å². The number of aliphatic hydroxyl groups is 1. The van der Waals surface area contributed by atoms with Crippen LogP contribution in [0, 0.1) is 11.8 Å². The summed E-state index contributed by atoms with van der Waals surface area (Å²) in [6.07, 6.45) is 3.03. The molecule has 20 heavy (non-hydrogen) atoms. The smallest absolute Gasteiger partial charge is 0.307 e. The first kappa shape index (κ1) is 15.7. The van der Waals surface area contributed by atoms with Crippen LogP contribution < -0.4 is 5.32 Å². The van der Waals surface area contributed by atoms with Crippen LogP contribution >= 0.6 is 0 Å². The molecule has 0 saturated carbocycles. The van der Waals surface area contributed by atoms with Crippen LogP contribution in [0.2, 0.25) is 0 Å². The van der Waals surface area contributed by atoms with E-state index in [1.807, 2.05) is 0 Å². The molecule has 0 aromatic carbocycles. The quantitative estimate of drug-likeness (QED) is 0.588. The number of carbonyl (C=O) groups excluding carboxylic acids is 2. The molecular weight excluding hydrogens is 260 g/mol. The number of carbonyl (C=O) groups is 2. The lowest BCUT2D eigenvalue weighted by Crippen LogP contribution is -2.26. The summed E-state index contributed by atoms with van der Waals surface area (Å²) in [6, 6.07) is 1.56. The normalized spacial score (nSPS) is 9.30. The molecular formula is C14H16N2O4. The van der Waals surface area contributed by atoms with E-state index in [4.69, 9.17) is 9.84 Å². The van der Waals surface area contributed by atoms with Gasteiger partial charge in [0.25, 0.3) is 5.91 Å². The second kappa shape index (κ2) is 8.67. The standard InChI is InChI=1S/C14H16N2O4/c1-2-20-13(18)5-6-16-14(19)12-8-11(4-3-7-17)9-15-10-12/h8-10,17H,2,5-7H2,1H3,(H,16,19). The summed E-state index contributed by atoms with van der Waals surface area (Å²) in [4.78, 5) is 26.8. The molecule has 2 N–H and O–H groups in total. The Hall–Kier alpha value is -2.39. The van der Waals surface area contributed by atoms with E-state index >= 15 is 0 Å². The molecule has 0 aliphatic heterocycles.